The van der Waals surface area contributed by atoms with Crippen molar-refractivity contribution in [3.05, 3.63) is 59.3 Å². The topological polar surface area (TPSA) is 131 Å². The van der Waals surface area contributed by atoms with E-state index < -0.39 is 35.0 Å². The van der Waals surface area contributed by atoms with Crippen molar-refractivity contribution in [3.8, 4) is 11.9 Å². The molecule has 10 heteroatoms. The van der Waals surface area contributed by atoms with Crippen molar-refractivity contribution >= 4 is 39.3 Å². The zero-order valence-electron chi connectivity index (χ0n) is 23.2. The summed E-state index contributed by atoms with van der Waals surface area (Å²) in [6, 6.07) is 14.7. The fourth-order valence-electron chi connectivity index (χ4n) is 7.43. The first-order valence-electron chi connectivity index (χ1n) is 13.7. The molecular formula is C31H29N5O5. The molecule has 7 rings (SSSR count). The number of nitrogens with zero attached hydrogens (tertiary/aromatic N) is 5. The number of aryl methyl sites for hydroxylation is 3. The number of carbonyl (C=O) groups is 2. The number of nitriles is 1. The maximum absolute atomic E-state index is 14.1. The summed E-state index contributed by atoms with van der Waals surface area (Å²) in [4.78, 5) is 34.0. The second-order valence-corrected chi connectivity index (χ2v) is 11.6. The highest BCUT2D eigenvalue weighted by Gasteiger charge is 2.77. The summed E-state index contributed by atoms with van der Waals surface area (Å²) in [6.07, 6.45) is -0.418. The third-order valence-corrected chi connectivity index (χ3v) is 9.24. The number of amides is 2. The van der Waals surface area contributed by atoms with E-state index in [4.69, 9.17) is 9.47 Å². The van der Waals surface area contributed by atoms with Crippen LogP contribution in [0.4, 0.5) is 5.69 Å². The molecule has 0 saturated carbocycles. The summed E-state index contributed by atoms with van der Waals surface area (Å²) in [5, 5.41) is 27.6. The van der Waals surface area contributed by atoms with Crippen molar-refractivity contribution in [1.29, 1.82) is 5.26 Å². The van der Waals surface area contributed by atoms with Gasteiger partial charge in [-0.3, -0.25) is 14.3 Å². The summed E-state index contributed by atoms with van der Waals surface area (Å²) in [5.74, 6) is -2.00. The number of benzene rings is 2. The average molecular weight is 552 g/mol. The van der Waals surface area contributed by atoms with Gasteiger partial charge in [-0.2, -0.15) is 15.3 Å². The molecule has 3 fully saturated rings. The van der Waals surface area contributed by atoms with Crippen LogP contribution in [-0.4, -0.2) is 55.6 Å². The van der Waals surface area contributed by atoms with Crippen molar-refractivity contribution in [2.24, 2.45) is 18.9 Å². The van der Waals surface area contributed by atoms with Gasteiger partial charge >= 0.3 is 0 Å². The quantitative estimate of drug-likeness (QED) is 0.373. The maximum atomic E-state index is 14.1. The second kappa shape index (κ2) is 8.59. The molecule has 41 heavy (non-hydrogen) atoms. The molecule has 0 spiro atoms. The zero-order valence-corrected chi connectivity index (χ0v) is 23.2. The summed E-state index contributed by atoms with van der Waals surface area (Å²) in [7, 11) is 1.84. The molecule has 2 amide bonds. The van der Waals surface area contributed by atoms with Gasteiger partial charge in [-0.05, 0) is 43.9 Å². The number of fused-ring (bicyclic) bond motifs is 7. The lowest BCUT2D eigenvalue weighted by atomic mass is 9.66. The maximum Gasteiger partial charge on any atom is 0.240 e. The van der Waals surface area contributed by atoms with E-state index >= 15 is 0 Å². The fourth-order valence-corrected chi connectivity index (χ4v) is 7.43. The number of aliphatic hydroxyl groups is 1. The van der Waals surface area contributed by atoms with Gasteiger partial charge in [0.05, 0.1) is 53.2 Å². The van der Waals surface area contributed by atoms with Gasteiger partial charge in [0.15, 0.2) is 5.65 Å². The molecule has 2 bridgehead atoms. The van der Waals surface area contributed by atoms with Crippen LogP contribution in [0.1, 0.15) is 36.6 Å². The van der Waals surface area contributed by atoms with Gasteiger partial charge in [0, 0.05) is 36.7 Å². The fraction of sp³-hybridized carbons (Fsp3) is 0.387. The van der Waals surface area contributed by atoms with Crippen LogP contribution in [0.15, 0.2) is 42.5 Å². The minimum atomic E-state index is -1.21. The smallest absolute Gasteiger partial charge is 0.240 e. The van der Waals surface area contributed by atoms with E-state index in [9.17, 15) is 20.0 Å². The number of rotatable bonds is 5. The number of pyridine rings is 1. The van der Waals surface area contributed by atoms with Crippen LogP contribution < -0.4 is 9.64 Å². The number of hydrogen-bond acceptors (Lipinski definition) is 8. The van der Waals surface area contributed by atoms with E-state index in [2.05, 4.69) is 16.2 Å². The summed E-state index contributed by atoms with van der Waals surface area (Å²) in [5.41, 5.74) is 1.05. The Kier molecular flexibility index (Phi) is 5.37. The molecule has 10 nitrogen and oxygen atoms in total. The molecule has 2 aromatic heterocycles. The summed E-state index contributed by atoms with van der Waals surface area (Å²) >= 11 is 0. The Balaban J connectivity index is 1.22. The van der Waals surface area contributed by atoms with Gasteiger partial charge in [-0.25, -0.2) is 4.90 Å². The van der Waals surface area contributed by atoms with Crippen LogP contribution in [0.3, 0.4) is 0 Å². The molecule has 208 valence electrons. The molecule has 1 N–H and O–H groups in total. The Morgan fingerprint density at radius 2 is 1.93 bits per heavy atom. The number of imide groups is 1. The monoisotopic (exact) mass is 551 g/mol. The van der Waals surface area contributed by atoms with Crippen molar-refractivity contribution in [2.75, 3.05) is 11.5 Å². The van der Waals surface area contributed by atoms with E-state index in [0.29, 0.717) is 22.5 Å². The van der Waals surface area contributed by atoms with E-state index in [1.54, 1.807) is 23.7 Å². The van der Waals surface area contributed by atoms with E-state index in [1.165, 1.54) is 4.90 Å². The Morgan fingerprint density at radius 1 is 1.17 bits per heavy atom. The number of hydrogen-bond donors (Lipinski definition) is 1. The lowest BCUT2D eigenvalue weighted by molar-refractivity contribution is -0.134. The Morgan fingerprint density at radius 3 is 2.71 bits per heavy atom. The molecule has 3 saturated heterocycles. The predicted molar refractivity (Wildman–Crippen MR) is 149 cm³/mol. The molecular weight excluding hydrogens is 522 g/mol. The van der Waals surface area contributed by atoms with Crippen LogP contribution in [0.2, 0.25) is 0 Å². The highest BCUT2D eigenvalue weighted by molar-refractivity contribution is 6.26. The number of aliphatic hydroxyl groups excluding tert-OH is 1. The normalized spacial score (nSPS) is 28.6. The van der Waals surface area contributed by atoms with E-state index in [0.717, 1.165) is 27.7 Å². The average Bonchev–Trinajstić information content (AvgIpc) is 3.57. The van der Waals surface area contributed by atoms with Gasteiger partial charge in [0.1, 0.15) is 5.60 Å². The number of ether oxygens (including phenoxy) is 2. The van der Waals surface area contributed by atoms with Crippen LogP contribution in [0.25, 0.3) is 21.8 Å². The van der Waals surface area contributed by atoms with Gasteiger partial charge in [0.25, 0.3) is 0 Å². The van der Waals surface area contributed by atoms with Crippen LogP contribution >= 0.6 is 0 Å². The van der Waals surface area contributed by atoms with Crippen molar-refractivity contribution < 1.29 is 24.2 Å². The number of carbonyl (C=O) groups excluding carboxylic acids is 2. The van der Waals surface area contributed by atoms with Crippen LogP contribution in [0.5, 0.6) is 5.88 Å². The minimum absolute atomic E-state index is 0.176. The van der Waals surface area contributed by atoms with Gasteiger partial charge in [0.2, 0.25) is 17.7 Å². The van der Waals surface area contributed by atoms with E-state index in [-0.39, 0.29) is 25.4 Å². The van der Waals surface area contributed by atoms with Crippen molar-refractivity contribution in [3.63, 3.8) is 0 Å². The first kappa shape index (κ1) is 25.6. The number of aromatic nitrogens is 3. The molecule has 4 aromatic rings. The number of anilines is 1. The summed E-state index contributed by atoms with van der Waals surface area (Å²) in [6.45, 7) is 5.81. The molecule has 5 heterocycles. The molecule has 5 unspecified atom stereocenters. The van der Waals surface area contributed by atoms with E-state index in [1.807, 2.05) is 51.2 Å². The van der Waals surface area contributed by atoms with Gasteiger partial charge in [-0.1, -0.05) is 24.3 Å². The minimum Gasteiger partial charge on any atom is -0.477 e. The highest BCUT2D eigenvalue weighted by Crippen LogP contribution is 2.62. The summed E-state index contributed by atoms with van der Waals surface area (Å²) < 4.78 is 14.3. The van der Waals surface area contributed by atoms with Crippen molar-refractivity contribution in [2.45, 2.75) is 50.9 Å². The third-order valence-electron chi connectivity index (χ3n) is 9.24. The SMILES string of the molecule is Cc1cc(OCCC23CC(O)C(C)(O2)C2C(=O)N(c4cc(C#N)cc5ccccc45)C(=O)C23)nc2c1c(C)nn2C. The predicted octanol–water partition coefficient (Wildman–Crippen LogP) is 3.48. The standard InChI is InChI=1S/C31H29N5O5/c1-16-11-23(33-27-24(16)17(2)34-35(27)4)40-10-9-31-14-22(37)30(3,41-31)25-26(31)29(39)36(28(25)38)21-13-18(15-32)12-19-7-5-6-8-20(19)21/h5-8,11-13,22,25-26,37H,9-10,14H2,1-4H3. The van der Waals surface area contributed by atoms with Crippen LogP contribution in [-0.2, 0) is 21.4 Å². The molecule has 2 aromatic carbocycles. The lowest BCUT2D eigenvalue weighted by Gasteiger charge is -2.33. The lowest BCUT2D eigenvalue weighted by Crippen LogP contribution is -2.49. The van der Waals surface area contributed by atoms with Crippen LogP contribution in [0, 0.1) is 37.0 Å². The molecule has 0 radical (unpaired) electrons. The first-order valence-corrected chi connectivity index (χ1v) is 13.7. The highest BCUT2D eigenvalue weighted by atomic mass is 16.6. The largest absolute Gasteiger partial charge is 0.477 e. The Bertz CT molecular complexity index is 1840. The molecule has 3 aliphatic rings. The zero-order chi connectivity index (χ0) is 28.8. The van der Waals surface area contributed by atoms with Crippen molar-refractivity contribution in [1.82, 2.24) is 14.8 Å². The van der Waals surface area contributed by atoms with Gasteiger partial charge < -0.3 is 14.6 Å². The molecule has 5 atom stereocenters. The van der Waals surface area contributed by atoms with Gasteiger partial charge in [-0.15, -0.1) is 0 Å². The Hall–Kier alpha value is -4.33. The second-order valence-electron chi connectivity index (χ2n) is 11.6. The molecule has 0 aliphatic carbocycles. The third kappa shape index (κ3) is 3.42. The Labute approximate surface area is 236 Å². The molecule has 3 aliphatic heterocycles. The first-order chi connectivity index (χ1) is 19.6.